The highest BCUT2D eigenvalue weighted by atomic mass is 16.5. The first-order chi connectivity index (χ1) is 11.5. The van der Waals surface area contributed by atoms with Gasteiger partial charge >= 0.3 is 11.9 Å². The van der Waals surface area contributed by atoms with E-state index in [1.54, 1.807) is 0 Å². The fraction of sp³-hybridized carbons (Fsp3) is 0.895. The average Bonchev–Trinajstić information content (AvgIpc) is 2.40. The van der Waals surface area contributed by atoms with E-state index in [0.717, 1.165) is 38.5 Å². The predicted octanol–water partition coefficient (Wildman–Crippen LogP) is 3.58. The number of aliphatic carboxylic acids is 2. The fourth-order valence-electron chi connectivity index (χ4n) is 3.94. The lowest BCUT2D eigenvalue weighted by molar-refractivity contribution is -0.159. The Hall–Kier alpha value is -1.14. The molecule has 3 N–H and O–H groups in total. The fourth-order valence-corrected chi connectivity index (χ4v) is 3.94. The SMILES string of the molecule is CC1(C)CC(OC(CCCCCCCC(=O)O)C(=O)O)CC(C)(C)N1. The van der Waals surface area contributed by atoms with Crippen LogP contribution in [0.1, 0.15) is 85.5 Å². The zero-order chi connectivity index (χ0) is 19.1. The molecule has 1 heterocycles. The Morgan fingerprint density at radius 1 is 1.00 bits per heavy atom. The molecule has 1 atom stereocenters. The number of carbonyl (C=O) groups is 2. The molecule has 0 aliphatic carbocycles. The molecule has 0 radical (unpaired) electrons. The van der Waals surface area contributed by atoms with E-state index in [0.29, 0.717) is 12.8 Å². The van der Waals surface area contributed by atoms with Gasteiger partial charge in [0, 0.05) is 17.5 Å². The van der Waals surface area contributed by atoms with Crippen molar-refractivity contribution >= 4 is 11.9 Å². The van der Waals surface area contributed by atoms with Gasteiger partial charge in [0.1, 0.15) is 0 Å². The predicted molar refractivity (Wildman–Crippen MR) is 96.8 cm³/mol. The standard InChI is InChI=1S/C19H35NO5/c1-18(2)12-14(13-19(3,4)20-18)25-15(17(23)24)10-8-6-5-7-9-11-16(21)22/h14-15,20H,5-13H2,1-4H3,(H,21,22)(H,23,24). The molecule has 6 heteroatoms. The van der Waals surface area contributed by atoms with Crippen molar-refractivity contribution in [1.82, 2.24) is 5.32 Å². The molecule has 1 fully saturated rings. The molecular weight excluding hydrogens is 322 g/mol. The summed E-state index contributed by atoms with van der Waals surface area (Å²) >= 11 is 0. The molecule has 1 aliphatic heterocycles. The molecule has 0 saturated carbocycles. The van der Waals surface area contributed by atoms with E-state index in [1.165, 1.54) is 0 Å². The van der Waals surface area contributed by atoms with Gasteiger partial charge in [0.2, 0.25) is 0 Å². The van der Waals surface area contributed by atoms with E-state index in [2.05, 4.69) is 33.0 Å². The number of nitrogens with one attached hydrogen (secondary N) is 1. The molecule has 1 unspecified atom stereocenters. The minimum atomic E-state index is -0.889. The Bertz CT molecular complexity index is 431. The monoisotopic (exact) mass is 357 g/mol. The number of hydrogen-bond acceptors (Lipinski definition) is 4. The molecule has 0 aromatic heterocycles. The first kappa shape index (κ1) is 21.9. The van der Waals surface area contributed by atoms with E-state index in [4.69, 9.17) is 9.84 Å². The van der Waals surface area contributed by atoms with Gasteiger partial charge in [-0.15, -0.1) is 0 Å². The highest BCUT2D eigenvalue weighted by molar-refractivity contribution is 5.72. The zero-order valence-electron chi connectivity index (χ0n) is 16.1. The number of ether oxygens (including phenoxy) is 1. The molecule has 1 rings (SSSR count). The minimum absolute atomic E-state index is 0.0529. The van der Waals surface area contributed by atoms with Gasteiger partial charge in [-0.2, -0.15) is 0 Å². The summed E-state index contributed by atoms with van der Waals surface area (Å²) in [5.74, 6) is -1.65. The van der Waals surface area contributed by atoms with Gasteiger partial charge in [0.25, 0.3) is 0 Å². The smallest absolute Gasteiger partial charge is 0.332 e. The number of carboxylic acid groups (broad SMARTS) is 2. The number of carboxylic acids is 2. The second kappa shape index (κ2) is 9.53. The normalized spacial score (nSPS) is 21.0. The molecule has 25 heavy (non-hydrogen) atoms. The van der Waals surface area contributed by atoms with Crippen molar-refractivity contribution in [3.8, 4) is 0 Å². The Morgan fingerprint density at radius 2 is 1.52 bits per heavy atom. The van der Waals surface area contributed by atoms with Crippen LogP contribution in [0.4, 0.5) is 0 Å². The van der Waals surface area contributed by atoms with Crippen molar-refractivity contribution in [2.24, 2.45) is 0 Å². The third-order valence-corrected chi connectivity index (χ3v) is 4.64. The average molecular weight is 357 g/mol. The third-order valence-electron chi connectivity index (χ3n) is 4.64. The second-order valence-electron chi connectivity index (χ2n) is 8.59. The van der Waals surface area contributed by atoms with Crippen molar-refractivity contribution in [2.45, 2.75) is 109 Å². The van der Waals surface area contributed by atoms with Crippen molar-refractivity contribution in [1.29, 1.82) is 0 Å². The molecule has 146 valence electrons. The molecule has 0 amide bonds. The maximum Gasteiger partial charge on any atom is 0.332 e. The highest BCUT2D eigenvalue weighted by Gasteiger charge is 2.39. The summed E-state index contributed by atoms with van der Waals surface area (Å²) in [6.07, 6.45) is 5.72. The van der Waals surface area contributed by atoms with Crippen LogP contribution in [-0.2, 0) is 14.3 Å². The number of rotatable bonds is 11. The van der Waals surface area contributed by atoms with Gasteiger partial charge in [-0.05, 0) is 53.4 Å². The van der Waals surface area contributed by atoms with Gasteiger partial charge in [0.15, 0.2) is 6.10 Å². The molecule has 6 nitrogen and oxygen atoms in total. The summed E-state index contributed by atoms with van der Waals surface area (Å²) in [4.78, 5) is 22.0. The van der Waals surface area contributed by atoms with Gasteiger partial charge < -0.3 is 20.3 Å². The first-order valence-electron chi connectivity index (χ1n) is 9.40. The summed E-state index contributed by atoms with van der Waals surface area (Å²) in [7, 11) is 0. The van der Waals surface area contributed by atoms with E-state index >= 15 is 0 Å². The maximum absolute atomic E-state index is 11.5. The van der Waals surface area contributed by atoms with Gasteiger partial charge in [-0.3, -0.25) is 4.79 Å². The van der Waals surface area contributed by atoms with E-state index in [9.17, 15) is 14.7 Å². The Kier molecular flexibility index (Phi) is 8.35. The summed E-state index contributed by atoms with van der Waals surface area (Å²) in [6.45, 7) is 8.49. The van der Waals surface area contributed by atoms with Crippen LogP contribution in [-0.4, -0.2) is 45.4 Å². The summed E-state index contributed by atoms with van der Waals surface area (Å²) in [5.41, 5.74) is -0.140. The van der Waals surface area contributed by atoms with Crippen LogP contribution in [0.5, 0.6) is 0 Å². The van der Waals surface area contributed by atoms with Gasteiger partial charge in [0.05, 0.1) is 6.10 Å². The molecule has 0 spiro atoms. The van der Waals surface area contributed by atoms with E-state index in [1.807, 2.05) is 0 Å². The van der Waals surface area contributed by atoms with Crippen molar-refractivity contribution < 1.29 is 24.5 Å². The van der Waals surface area contributed by atoms with Crippen molar-refractivity contribution in [3.05, 3.63) is 0 Å². The molecule has 0 aromatic rings. The number of unbranched alkanes of at least 4 members (excludes halogenated alkanes) is 4. The Labute approximate surface area is 151 Å². The second-order valence-corrected chi connectivity index (χ2v) is 8.59. The number of piperidine rings is 1. The van der Waals surface area contributed by atoms with Crippen molar-refractivity contribution in [3.63, 3.8) is 0 Å². The van der Waals surface area contributed by atoms with Crippen molar-refractivity contribution in [2.75, 3.05) is 0 Å². The lowest BCUT2D eigenvalue weighted by Gasteiger charge is -2.46. The molecule has 0 aromatic carbocycles. The van der Waals surface area contributed by atoms with Gasteiger partial charge in [-0.25, -0.2) is 4.79 Å². The maximum atomic E-state index is 11.5. The van der Waals surface area contributed by atoms with E-state index in [-0.39, 0.29) is 23.6 Å². The van der Waals surface area contributed by atoms with E-state index < -0.39 is 18.0 Å². The third kappa shape index (κ3) is 9.21. The van der Waals surface area contributed by atoms with Crippen LogP contribution in [0.3, 0.4) is 0 Å². The van der Waals surface area contributed by atoms with Crippen LogP contribution in [0, 0.1) is 0 Å². The molecule has 0 bridgehead atoms. The summed E-state index contributed by atoms with van der Waals surface area (Å²) in [5, 5.41) is 21.6. The Balaban J connectivity index is 2.37. The summed E-state index contributed by atoms with van der Waals surface area (Å²) < 4.78 is 5.97. The molecule has 1 saturated heterocycles. The van der Waals surface area contributed by atoms with Crippen LogP contribution in [0.25, 0.3) is 0 Å². The number of hydrogen-bond donors (Lipinski definition) is 3. The Morgan fingerprint density at radius 3 is 2.04 bits per heavy atom. The van der Waals surface area contributed by atoms with Crippen LogP contribution >= 0.6 is 0 Å². The van der Waals surface area contributed by atoms with Crippen LogP contribution in [0.15, 0.2) is 0 Å². The van der Waals surface area contributed by atoms with Crippen LogP contribution < -0.4 is 5.32 Å². The quantitative estimate of drug-likeness (QED) is 0.489. The van der Waals surface area contributed by atoms with Gasteiger partial charge in [-0.1, -0.05) is 25.7 Å². The molecule has 1 aliphatic rings. The minimum Gasteiger partial charge on any atom is -0.481 e. The zero-order valence-corrected chi connectivity index (χ0v) is 16.1. The topological polar surface area (TPSA) is 95.9 Å². The molecular formula is C19H35NO5. The lowest BCUT2D eigenvalue weighted by atomic mass is 9.81. The largest absolute Gasteiger partial charge is 0.481 e. The first-order valence-corrected chi connectivity index (χ1v) is 9.40. The highest BCUT2D eigenvalue weighted by Crippen LogP contribution is 2.31. The van der Waals surface area contributed by atoms with Crippen LogP contribution in [0.2, 0.25) is 0 Å². The lowest BCUT2D eigenvalue weighted by Crippen LogP contribution is -2.60. The summed E-state index contributed by atoms with van der Waals surface area (Å²) in [6, 6.07) is 0.